The molecule has 0 aromatic heterocycles. The third-order valence-electron chi connectivity index (χ3n) is 3.63. The molecule has 4 nitrogen and oxygen atoms in total. The van der Waals surface area contributed by atoms with Crippen LogP contribution in [0.3, 0.4) is 0 Å². The van der Waals surface area contributed by atoms with Gasteiger partial charge < -0.3 is 5.32 Å². The minimum absolute atomic E-state index is 0.0999. The van der Waals surface area contributed by atoms with Gasteiger partial charge in [0.1, 0.15) is 0 Å². The number of nitrogens with zero attached hydrogens (tertiary/aromatic N) is 1. The first-order valence-electron chi connectivity index (χ1n) is 7.27. The van der Waals surface area contributed by atoms with Gasteiger partial charge in [0.2, 0.25) is 10.0 Å². The van der Waals surface area contributed by atoms with E-state index < -0.39 is 10.0 Å². The largest absolute Gasteiger partial charge is 0.313 e. The van der Waals surface area contributed by atoms with Gasteiger partial charge in [0.25, 0.3) is 0 Å². The highest BCUT2D eigenvalue weighted by molar-refractivity contribution is 7.88. The van der Waals surface area contributed by atoms with Crippen LogP contribution >= 0.6 is 0 Å². The molecule has 0 aliphatic heterocycles. The van der Waals surface area contributed by atoms with Gasteiger partial charge in [0.15, 0.2) is 0 Å². The monoisotopic (exact) mass is 296 g/mol. The molecule has 112 valence electrons. The Morgan fingerprint density at radius 2 is 1.80 bits per heavy atom. The first-order valence-corrected chi connectivity index (χ1v) is 8.88. The molecule has 0 atom stereocenters. The molecule has 1 aliphatic rings. The van der Waals surface area contributed by atoms with E-state index in [1.54, 1.807) is 7.05 Å². The summed E-state index contributed by atoms with van der Waals surface area (Å²) in [5.74, 6) is 0.0999. The van der Waals surface area contributed by atoms with Crippen molar-refractivity contribution < 1.29 is 8.42 Å². The van der Waals surface area contributed by atoms with Crippen molar-refractivity contribution in [2.45, 2.75) is 44.5 Å². The van der Waals surface area contributed by atoms with Crippen LogP contribution in [0.2, 0.25) is 0 Å². The molecule has 5 heteroatoms. The summed E-state index contributed by atoms with van der Waals surface area (Å²) in [7, 11) is -1.48. The first-order chi connectivity index (χ1) is 9.53. The normalized spacial score (nSPS) is 15.8. The topological polar surface area (TPSA) is 49.4 Å². The first kappa shape index (κ1) is 15.5. The summed E-state index contributed by atoms with van der Waals surface area (Å²) in [6.07, 6.45) is 3.11. The number of hydrogen-bond donors (Lipinski definition) is 1. The summed E-state index contributed by atoms with van der Waals surface area (Å²) < 4.78 is 25.9. The zero-order valence-electron chi connectivity index (χ0n) is 12.3. The maximum Gasteiger partial charge on any atom is 0.218 e. The van der Waals surface area contributed by atoms with Crippen molar-refractivity contribution in [2.24, 2.45) is 0 Å². The molecular formula is C15H24N2O2S. The maximum atomic E-state index is 12.2. The van der Waals surface area contributed by atoms with Crippen LogP contribution in [0.4, 0.5) is 0 Å². The standard InChI is InChI=1S/C15H24N2O2S/c1-3-10-16-11-13-4-6-14(7-5-13)12-20(18,19)17(2)15-8-9-15/h4-7,15-16H,3,8-12H2,1-2H3. The van der Waals surface area contributed by atoms with Gasteiger partial charge >= 0.3 is 0 Å². The molecule has 0 saturated heterocycles. The number of hydrogen-bond acceptors (Lipinski definition) is 3. The fourth-order valence-corrected chi connectivity index (χ4v) is 3.62. The molecule has 20 heavy (non-hydrogen) atoms. The smallest absolute Gasteiger partial charge is 0.218 e. The summed E-state index contributed by atoms with van der Waals surface area (Å²) in [6, 6.07) is 8.08. The van der Waals surface area contributed by atoms with Crippen molar-refractivity contribution in [2.75, 3.05) is 13.6 Å². The van der Waals surface area contributed by atoms with E-state index in [4.69, 9.17) is 0 Å². The van der Waals surface area contributed by atoms with Gasteiger partial charge in [-0.05, 0) is 36.9 Å². The Kier molecular flexibility index (Phi) is 5.18. The van der Waals surface area contributed by atoms with Gasteiger partial charge in [-0.15, -0.1) is 0 Å². The summed E-state index contributed by atoms with van der Waals surface area (Å²) in [4.78, 5) is 0. The SMILES string of the molecule is CCCNCc1ccc(CS(=O)(=O)N(C)C2CC2)cc1. The molecule has 1 aliphatic carbocycles. The van der Waals surface area contributed by atoms with Crippen LogP contribution in [0.5, 0.6) is 0 Å². The molecule has 2 rings (SSSR count). The lowest BCUT2D eigenvalue weighted by molar-refractivity contribution is 0.463. The van der Waals surface area contributed by atoms with Crippen LogP contribution in [-0.2, 0) is 22.3 Å². The highest BCUT2D eigenvalue weighted by Gasteiger charge is 2.33. The second kappa shape index (κ2) is 6.70. The zero-order valence-corrected chi connectivity index (χ0v) is 13.1. The molecule has 1 saturated carbocycles. The van der Waals surface area contributed by atoms with Gasteiger partial charge in [-0.25, -0.2) is 12.7 Å². The number of nitrogens with one attached hydrogen (secondary N) is 1. The van der Waals surface area contributed by atoms with Gasteiger partial charge in [0.05, 0.1) is 5.75 Å². The van der Waals surface area contributed by atoms with E-state index in [-0.39, 0.29) is 11.8 Å². The average Bonchev–Trinajstić information content (AvgIpc) is 3.24. The minimum Gasteiger partial charge on any atom is -0.313 e. The number of rotatable bonds is 8. The zero-order chi connectivity index (χ0) is 14.6. The predicted octanol–water partition coefficient (Wildman–Crippen LogP) is 2.11. The van der Waals surface area contributed by atoms with Crippen LogP contribution in [0.1, 0.15) is 37.3 Å². The third-order valence-corrected chi connectivity index (χ3v) is 5.50. The van der Waals surface area contributed by atoms with Crippen molar-refractivity contribution in [3.05, 3.63) is 35.4 Å². The Labute approximate surface area is 122 Å². The van der Waals surface area contributed by atoms with E-state index in [0.29, 0.717) is 0 Å². The molecule has 0 heterocycles. The van der Waals surface area contributed by atoms with Crippen LogP contribution < -0.4 is 5.32 Å². The lowest BCUT2D eigenvalue weighted by Crippen LogP contribution is -2.30. The fourth-order valence-electron chi connectivity index (χ4n) is 2.14. The Morgan fingerprint density at radius 1 is 1.20 bits per heavy atom. The molecule has 1 aromatic rings. The molecule has 0 unspecified atom stereocenters. The van der Waals surface area contributed by atoms with Crippen molar-refractivity contribution >= 4 is 10.0 Å². The maximum absolute atomic E-state index is 12.2. The van der Waals surface area contributed by atoms with Crippen molar-refractivity contribution in [1.29, 1.82) is 0 Å². The van der Waals surface area contributed by atoms with Gasteiger partial charge in [-0.2, -0.15) is 0 Å². The highest BCUT2D eigenvalue weighted by atomic mass is 32.2. The Morgan fingerprint density at radius 3 is 2.35 bits per heavy atom. The van der Waals surface area contributed by atoms with E-state index >= 15 is 0 Å². The van der Waals surface area contributed by atoms with Crippen molar-refractivity contribution in [3.63, 3.8) is 0 Å². The van der Waals surface area contributed by atoms with Gasteiger partial charge in [-0.1, -0.05) is 31.2 Å². The van der Waals surface area contributed by atoms with E-state index in [1.165, 1.54) is 9.87 Å². The molecule has 0 amide bonds. The molecule has 0 radical (unpaired) electrons. The van der Waals surface area contributed by atoms with Crippen molar-refractivity contribution in [1.82, 2.24) is 9.62 Å². The highest BCUT2D eigenvalue weighted by Crippen LogP contribution is 2.28. The average molecular weight is 296 g/mol. The summed E-state index contributed by atoms with van der Waals surface area (Å²) in [5, 5.41) is 3.33. The Bertz CT molecular complexity index is 521. The minimum atomic E-state index is -3.17. The number of sulfonamides is 1. The lowest BCUT2D eigenvalue weighted by Gasteiger charge is -2.16. The van der Waals surface area contributed by atoms with E-state index in [1.807, 2.05) is 24.3 Å². The van der Waals surface area contributed by atoms with Gasteiger partial charge in [-0.3, -0.25) is 0 Å². The summed E-state index contributed by atoms with van der Waals surface area (Å²) >= 11 is 0. The molecule has 1 fully saturated rings. The quantitative estimate of drug-likeness (QED) is 0.748. The summed E-state index contributed by atoms with van der Waals surface area (Å²) in [6.45, 7) is 3.97. The lowest BCUT2D eigenvalue weighted by atomic mass is 10.1. The fraction of sp³-hybridized carbons (Fsp3) is 0.600. The van der Waals surface area contributed by atoms with Crippen LogP contribution in [0.25, 0.3) is 0 Å². The molecular weight excluding hydrogens is 272 g/mol. The molecule has 0 spiro atoms. The summed E-state index contributed by atoms with van der Waals surface area (Å²) in [5.41, 5.74) is 2.05. The second-order valence-electron chi connectivity index (χ2n) is 5.50. The van der Waals surface area contributed by atoms with Crippen molar-refractivity contribution in [3.8, 4) is 0 Å². The number of benzene rings is 1. The molecule has 1 aromatic carbocycles. The molecule has 1 N–H and O–H groups in total. The van der Waals surface area contributed by atoms with Crippen LogP contribution in [-0.4, -0.2) is 32.4 Å². The van der Waals surface area contributed by atoms with E-state index in [9.17, 15) is 8.42 Å². The van der Waals surface area contributed by atoms with Gasteiger partial charge in [0, 0.05) is 19.6 Å². The third kappa shape index (κ3) is 4.30. The molecule has 0 bridgehead atoms. The predicted molar refractivity (Wildman–Crippen MR) is 81.8 cm³/mol. The van der Waals surface area contributed by atoms with E-state index in [2.05, 4.69) is 12.2 Å². The van der Waals surface area contributed by atoms with E-state index in [0.717, 1.165) is 37.9 Å². The van der Waals surface area contributed by atoms with Crippen LogP contribution in [0.15, 0.2) is 24.3 Å². The Balaban J connectivity index is 1.92. The second-order valence-corrected chi connectivity index (χ2v) is 7.53. The Hall–Kier alpha value is -0.910. The van der Waals surface area contributed by atoms with Crippen LogP contribution in [0, 0.1) is 0 Å².